The first-order valence-electron chi connectivity index (χ1n) is 2.97. The molecule has 1 nitrogen and oxygen atoms in total. The zero-order valence-corrected chi connectivity index (χ0v) is 8.00. The summed E-state index contributed by atoms with van der Waals surface area (Å²) in [5.74, 6) is 1.58. The van der Waals surface area contributed by atoms with Crippen LogP contribution in [0.2, 0.25) is 0 Å². The van der Waals surface area contributed by atoms with Crippen LogP contribution in [0, 0.1) is 0 Å². The Hall–Kier alpha value is 0.460. The molecule has 1 heterocycles. The first-order chi connectivity index (χ1) is 4.86. The summed E-state index contributed by atoms with van der Waals surface area (Å²) in [5.41, 5.74) is 1.05. The molecule has 0 bridgehead atoms. The highest BCUT2D eigenvalue weighted by atomic mass is 32.2. The van der Waals surface area contributed by atoms with Gasteiger partial charge in [0, 0.05) is 17.7 Å². The van der Waals surface area contributed by atoms with Crippen LogP contribution in [-0.2, 0) is 0 Å². The molecule has 1 aliphatic heterocycles. The maximum atomic E-state index is 4.19. The van der Waals surface area contributed by atoms with Crippen molar-refractivity contribution in [3.05, 3.63) is 11.1 Å². The average Bonchev–Trinajstić information content (AvgIpc) is 2.05. The SMILES string of the molecule is SCC1=CSC(CS)C=N1. The third kappa shape index (κ3) is 2.25. The van der Waals surface area contributed by atoms with Crippen LogP contribution in [0.15, 0.2) is 16.1 Å². The Labute approximate surface area is 76.2 Å². The number of hydrogen-bond acceptors (Lipinski definition) is 4. The zero-order valence-electron chi connectivity index (χ0n) is 5.40. The molecular weight excluding hydrogens is 182 g/mol. The smallest absolute Gasteiger partial charge is 0.0559 e. The lowest BCUT2D eigenvalue weighted by Crippen LogP contribution is -2.08. The van der Waals surface area contributed by atoms with Gasteiger partial charge in [-0.15, -0.1) is 11.8 Å². The van der Waals surface area contributed by atoms with Gasteiger partial charge in [0.2, 0.25) is 0 Å². The number of rotatable bonds is 2. The maximum absolute atomic E-state index is 4.19. The van der Waals surface area contributed by atoms with Crippen molar-refractivity contribution in [1.82, 2.24) is 0 Å². The molecule has 1 aliphatic rings. The molecule has 1 atom stereocenters. The monoisotopic (exact) mass is 191 g/mol. The molecule has 0 aromatic carbocycles. The molecule has 0 radical (unpaired) electrons. The van der Waals surface area contributed by atoms with E-state index in [0.717, 1.165) is 17.2 Å². The molecule has 0 saturated heterocycles. The molecule has 0 aliphatic carbocycles. The summed E-state index contributed by atoms with van der Waals surface area (Å²) in [6.45, 7) is 0. The van der Waals surface area contributed by atoms with E-state index >= 15 is 0 Å². The van der Waals surface area contributed by atoms with Crippen LogP contribution in [0.4, 0.5) is 0 Å². The van der Waals surface area contributed by atoms with E-state index in [4.69, 9.17) is 0 Å². The van der Waals surface area contributed by atoms with Gasteiger partial charge in [-0.05, 0) is 5.41 Å². The van der Waals surface area contributed by atoms with E-state index in [2.05, 4.69) is 30.2 Å². The second-order valence-electron chi connectivity index (χ2n) is 1.90. The summed E-state index contributed by atoms with van der Waals surface area (Å²) < 4.78 is 0. The molecule has 0 N–H and O–H groups in total. The number of aliphatic imine (C=N–C) groups is 1. The van der Waals surface area contributed by atoms with Crippen LogP contribution < -0.4 is 0 Å². The van der Waals surface area contributed by atoms with Crippen molar-refractivity contribution in [2.24, 2.45) is 4.99 Å². The van der Waals surface area contributed by atoms with E-state index in [1.54, 1.807) is 11.8 Å². The lowest BCUT2D eigenvalue weighted by molar-refractivity contribution is 1.28. The first kappa shape index (κ1) is 8.56. The second-order valence-corrected chi connectivity index (χ2v) is 3.70. The summed E-state index contributed by atoms with van der Waals surface area (Å²) in [4.78, 5) is 4.19. The molecule has 0 aromatic heterocycles. The number of hydrogen-bond donors (Lipinski definition) is 2. The standard InChI is InChI=1S/C6H9NS3/c8-2-5-4-10-6(3-9)1-7-5/h1,4,6,8-9H,2-3H2. The van der Waals surface area contributed by atoms with E-state index in [1.807, 2.05) is 11.6 Å². The minimum atomic E-state index is 0.451. The predicted octanol–water partition coefficient (Wildman–Crippen LogP) is 1.87. The number of thioether (sulfide) groups is 1. The van der Waals surface area contributed by atoms with Crippen molar-refractivity contribution >= 4 is 43.2 Å². The second kappa shape index (κ2) is 4.36. The molecule has 0 saturated carbocycles. The van der Waals surface area contributed by atoms with Gasteiger partial charge in [-0.1, -0.05) is 0 Å². The number of nitrogens with zero attached hydrogens (tertiary/aromatic N) is 1. The fourth-order valence-corrected chi connectivity index (χ4v) is 1.92. The molecule has 56 valence electrons. The van der Waals surface area contributed by atoms with Gasteiger partial charge in [0.05, 0.1) is 10.9 Å². The average molecular weight is 191 g/mol. The van der Waals surface area contributed by atoms with Crippen molar-refractivity contribution in [2.75, 3.05) is 11.5 Å². The van der Waals surface area contributed by atoms with Gasteiger partial charge in [0.1, 0.15) is 0 Å². The van der Waals surface area contributed by atoms with Gasteiger partial charge in [-0.25, -0.2) is 0 Å². The van der Waals surface area contributed by atoms with Crippen LogP contribution in [0.25, 0.3) is 0 Å². The van der Waals surface area contributed by atoms with Gasteiger partial charge >= 0.3 is 0 Å². The van der Waals surface area contributed by atoms with Crippen LogP contribution in [0.1, 0.15) is 0 Å². The van der Waals surface area contributed by atoms with Crippen LogP contribution in [0.5, 0.6) is 0 Å². The van der Waals surface area contributed by atoms with Crippen molar-refractivity contribution in [2.45, 2.75) is 5.25 Å². The quantitative estimate of drug-likeness (QED) is 0.635. The molecule has 0 fully saturated rings. The maximum Gasteiger partial charge on any atom is 0.0559 e. The Morgan fingerprint density at radius 2 is 2.40 bits per heavy atom. The summed E-state index contributed by atoms with van der Waals surface area (Å²) in [6, 6.07) is 0. The van der Waals surface area contributed by atoms with E-state index < -0.39 is 0 Å². The molecule has 0 aromatic rings. The van der Waals surface area contributed by atoms with Crippen molar-refractivity contribution in [1.29, 1.82) is 0 Å². The van der Waals surface area contributed by atoms with E-state index in [1.165, 1.54) is 0 Å². The van der Waals surface area contributed by atoms with E-state index in [9.17, 15) is 0 Å². The summed E-state index contributed by atoms with van der Waals surface area (Å²) in [6.07, 6.45) is 1.93. The lowest BCUT2D eigenvalue weighted by Gasteiger charge is -2.10. The third-order valence-electron chi connectivity index (χ3n) is 1.13. The predicted molar refractivity (Wildman–Crippen MR) is 55.7 cm³/mol. The minimum absolute atomic E-state index is 0.451. The summed E-state index contributed by atoms with van der Waals surface area (Å²) >= 11 is 10.0. The van der Waals surface area contributed by atoms with Crippen molar-refractivity contribution in [3.63, 3.8) is 0 Å². The third-order valence-corrected chi connectivity index (χ3v) is 3.14. The molecule has 10 heavy (non-hydrogen) atoms. The highest BCUT2D eigenvalue weighted by Crippen LogP contribution is 2.20. The minimum Gasteiger partial charge on any atom is -0.263 e. The molecular formula is C6H9NS3. The zero-order chi connectivity index (χ0) is 7.40. The van der Waals surface area contributed by atoms with Gasteiger partial charge in [-0.3, -0.25) is 4.99 Å². The number of thiol groups is 2. The molecule has 0 amide bonds. The highest BCUT2D eigenvalue weighted by Gasteiger charge is 2.06. The van der Waals surface area contributed by atoms with Crippen LogP contribution in [0.3, 0.4) is 0 Å². The van der Waals surface area contributed by atoms with E-state index in [0.29, 0.717) is 5.25 Å². The van der Waals surface area contributed by atoms with Gasteiger partial charge in [0.25, 0.3) is 0 Å². The lowest BCUT2D eigenvalue weighted by atomic mass is 10.5. The van der Waals surface area contributed by atoms with Crippen LogP contribution in [-0.4, -0.2) is 23.0 Å². The van der Waals surface area contributed by atoms with Crippen LogP contribution >= 0.6 is 37.0 Å². The fourth-order valence-electron chi connectivity index (χ4n) is 0.579. The Kier molecular flexibility index (Phi) is 3.73. The van der Waals surface area contributed by atoms with Gasteiger partial charge in [0.15, 0.2) is 0 Å². The summed E-state index contributed by atoms with van der Waals surface area (Å²) in [5, 5.41) is 2.50. The topological polar surface area (TPSA) is 12.4 Å². The first-order valence-corrected chi connectivity index (χ1v) is 5.18. The summed E-state index contributed by atoms with van der Waals surface area (Å²) in [7, 11) is 0. The van der Waals surface area contributed by atoms with Gasteiger partial charge in [-0.2, -0.15) is 25.3 Å². The normalized spacial score (nSPS) is 24.6. The Bertz CT molecular complexity index is 164. The Morgan fingerprint density at radius 3 is 2.80 bits per heavy atom. The molecule has 0 spiro atoms. The Morgan fingerprint density at radius 1 is 1.60 bits per heavy atom. The van der Waals surface area contributed by atoms with Gasteiger partial charge < -0.3 is 0 Å². The van der Waals surface area contributed by atoms with E-state index in [-0.39, 0.29) is 0 Å². The molecule has 4 heteroatoms. The fraction of sp³-hybridized carbons (Fsp3) is 0.500. The van der Waals surface area contributed by atoms with Crippen molar-refractivity contribution < 1.29 is 0 Å². The molecule has 1 unspecified atom stereocenters. The van der Waals surface area contributed by atoms with Crippen molar-refractivity contribution in [3.8, 4) is 0 Å². The largest absolute Gasteiger partial charge is 0.263 e. The highest BCUT2D eigenvalue weighted by molar-refractivity contribution is 8.04. The Balaban J connectivity index is 2.46. The molecule has 1 rings (SSSR count).